The highest BCUT2D eigenvalue weighted by Crippen LogP contribution is 2.70. The van der Waals surface area contributed by atoms with Gasteiger partial charge < -0.3 is 53.0 Å². The minimum absolute atomic E-state index is 0.0473. The third-order valence-corrected chi connectivity index (χ3v) is 38.5. The Bertz CT molecular complexity index is 5280. The van der Waals surface area contributed by atoms with E-state index in [1.165, 1.54) is 190 Å². The van der Waals surface area contributed by atoms with Crippen molar-refractivity contribution in [2.45, 2.75) is 329 Å². The highest BCUT2D eigenvalue weighted by molar-refractivity contribution is 6.42. The van der Waals surface area contributed by atoms with E-state index < -0.39 is 11.0 Å². The van der Waals surface area contributed by atoms with E-state index in [1.807, 2.05) is 146 Å². The second kappa shape index (κ2) is 43.7. The summed E-state index contributed by atoms with van der Waals surface area (Å²) in [5.74, 6) is 5.34. The summed E-state index contributed by atoms with van der Waals surface area (Å²) in [7, 11) is 9.75. The maximum atomic E-state index is 13.2. The van der Waals surface area contributed by atoms with E-state index in [4.69, 9.17) is 64.7 Å². The zero-order chi connectivity index (χ0) is 99.2. The molecule has 16 unspecified atom stereocenters. The molecule has 0 radical (unpaired) electrons. The van der Waals surface area contributed by atoms with Crippen LogP contribution in [0.4, 0.5) is 0 Å². The maximum Gasteiger partial charge on any atom is 0.246 e. The predicted octanol–water partition coefficient (Wildman–Crippen LogP) is 20.6. The molecule has 16 atom stereocenters. The van der Waals surface area contributed by atoms with Gasteiger partial charge in [-0.2, -0.15) is 0 Å². The van der Waals surface area contributed by atoms with E-state index in [1.54, 1.807) is 49.0 Å². The summed E-state index contributed by atoms with van der Waals surface area (Å²) in [6.07, 6.45) is 45.8. The van der Waals surface area contributed by atoms with Crippen molar-refractivity contribution >= 4 is 88.1 Å². The van der Waals surface area contributed by atoms with E-state index in [-0.39, 0.29) is 76.4 Å². The van der Waals surface area contributed by atoms with E-state index in [9.17, 15) is 34.2 Å². The number of phenolic OH excluding ortho intramolecular Hbond substituents is 1. The number of likely N-dealkylation sites (N-methyl/N-ethyl adjacent to an activating group) is 5. The molecule has 7 aromatic rings. The molecule has 764 valence electrons. The minimum Gasteiger partial charge on any atom is -0.504 e. The van der Waals surface area contributed by atoms with Gasteiger partial charge in [-0.3, -0.25) is 48.5 Å². The summed E-state index contributed by atoms with van der Waals surface area (Å²) in [6.45, 7) is 20.1. The molecule has 9 aliphatic carbocycles. The number of rotatable bonds is 22. The van der Waals surface area contributed by atoms with E-state index >= 15 is 0 Å². The highest BCUT2D eigenvalue weighted by atomic mass is 35.5. The molecule has 23 rings (SSSR count). The average molecular weight is 2020 g/mol. The Labute approximate surface area is 862 Å². The molecule has 9 heterocycles. The summed E-state index contributed by atoms with van der Waals surface area (Å²) in [5.41, 5.74) is 9.94. The van der Waals surface area contributed by atoms with Crippen LogP contribution in [-0.2, 0) is 66.9 Å². The number of nitrogens with zero attached hydrogens (tertiary/aromatic N) is 10. The third kappa shape index (κ3) is 20.6. The standard InChI is InChI=1S/2C29H34N2O4.2C20H29ClN2O.C19H26Cl2N2O/c1-18-5-8-20-16-23-29(33)12-11-22(30(2)24(32)10-9-21-4-3-15-34-21)27-28(29,25(20)26(18)35-27)13-14-31(23)17-19-6-7-19;1-28-12-11-21(30(2)24(33)10-8-20-4-3-15-34-20)27-29(28)13-14-31(17-18-5-6-18)23(28)16-19-7-9-22(32)26(35-27)25(19)29;1-15-13-16(9-10-17(15)21)14-20(24)22(2)18-7-3-4-8-19(18)23-11-5-6-12-23;1-15-9-10-16(13-17(15)21)14-20(24)22(2)18-7-3-4-8-19(18)23-11-5-6-12-23;1-22(19(24)13-14-8-9-15(20)16(21)12-14)17-6-2-3-7-18(17)23-10-4-5-11-23/h3-5,8-10,15,19,22-23,27,33H,6-7,11-14,16-17H2,1-2H3;3-4,7-10,15,18,21,23,27,32H,5-6,11-14,16-17H2,1-2H3;2*9-10,13,18-19H,3-8,11-12,14H2,1-2H3;8-9,12,17-18H,2-7,10-11,13H2,1H3/b10-9+;10-8+;;;. The molecule has 7 aliphatic heterocycles. The lowest BCUT2D eigenvalue weighted by Gasteiger charge is -2.66. The van der Waals surface area contributed by atoms with Crippen LogP contribution in [0, 0.1) is 38.0 Å². The summed E-state index contributed by atoms with van der Waals surface area (Å²) in [6, 6.07) is 36.1. The normalized spacial score (nSPS) is 30.0. The number of aliphatic hydroxyl groups is 1. The van der Waals surface area contributed by atoms with Gasteiger partial charge in [0.25, 0.3) is 0 Å². The van der Waals surface area contributed by atoms with Crippen molar-refractivity contribution in [3.8, 4) is 17.2 Å². The molecule has 25 heteroatoms. The molecular formula is C117H152Cl4N10O11. The molecule has 4 bridgehead atoms. The van der Waals surface area contributed by atoms with Crippen LogP contribution in [0.1, 0.15) is 254 Å². The number of piperidine rings is 2. The van der Waals surface area contributed by atoms with Crippen LogP contribution in [0.5, 0.6) is 17.2 Å². The molecule has 21 nitrogen and oxygen atoms in total. The SMILES string of the molecule is CN(C(=O)/C=C/c1ccco1)C1CCC2(C)C3Cc4ccc(O)c5c4C2(CCN3CC2CC2)C1O5.CN(C(=O)Cc1ccc(Cl)c(Cl)c1)C1CCCCC1N1CCCC1.Cc1cc(CC(=O)N(C)C2CCCCC2N2CCCC2)ccc1Cl.Cc1ccc(CC(=O)N(C)C2CCCCC2N2CCCC2)cc1Cl.Cc1ccc2c3c1OC1C(N(C)C(=O)/C=C/c4ccco4)CCC4(O)C(C2)N(CC2CC2)CCC314. The number of aromatic hydroxyl groups is 1. The molecule has 5 amide bonds. The molecular weight excluding hydrogens is 1860 g/mol. The first-order valence-electron chi connectivity index (χ1n) is 53.9. The zero-order valence-electron chi connectivity index (χ0n) is 85.3. The number of hydrogen-bond acceptors (Lipinski definition) is 16. The van der Waals surface area contributed by atoms with Gasteiger partial charge in [-0.25, -0.2) is 0 Å². The Morgan fingerprint density at radius 2 is 0.824 bits per heavy atom. The minimum atomic E-state index is -0.832. The zero-order valence-corrected chi connectivity index (χ0v) is 88.3. The van der Waals surface area contributed by atoms with E-state index in [0.29, 0.717) is 95.3 Å². The number of carbonyl (C=O) groups is 5. The van der Waals surface area contributed by atoms with Gasteiger partial charge in [-0.15, -0.1) is 0 Å². The van der Waals surface area contributed by atoms with Gasteiger partial charge in [0, 0.05) is 135 Å². The number of ether oxygens (including phenoxy) is 2. The van der Waals surface area contributed by atoms with Gasteiger partial charge in [-0.05, 0) is 356 Å². The van der Waals surface area contributed by atoms with Crippen molar-refractivity contribution in [3.05, 3.63) is 215 Å². The van der Waals surface area contributed by atoms with Crippen LogP contribution >= 0.6 is 46.4 Å². The molecule has 142 heavy (non-hydrogen) atoms. The quantitative estimate of drug-likeness (QED) is 0.0606. The van der Waals surface area contributed by atoms with Crippen molar-refractivity contribution in [1.82, 2.24) is 49.0 Å². The van der Waals surface area contributed by atoms with Crippen molar-refractivity contribution in [2.24, 2.45) is 17.3 Å². The number of amides is 5. The topological polar surface area (TPSA) is 203 Å². The summed E-state index contributed by atoms with van der Waals surface area (Å²) in [5, 5.41) is 26.0. The van der Waals surface area contributed by atoms with Crippen LogP contribution in [0.3, 0.4) is 0 Å². The van der Waals surface area contributed by atoms with Crippen LogP contribution in [-0.4, -0.2) is 268 Å². The fourth-order valence-electron chi connectivity index (χ4n) is 28.7. The number of benzene rings is 5. The van der Waals surface area contributed by atoms with Gasteiger partial charge in [0.15, 0.2) is 11.5 Å². The lowest BCUT2D eigenvalue weighted by molar-refractivity contribution is -0.200. The highest BCUT2D eigenvalue weighted by Gasteiger charge is 2.75. The molecule has 12 fully saturated rings. The monoisotopic (exact) mass is 2010 g/mol. The van der Waals surface area contributed by atoms with Crippen molar-refractivity contribution in [1.29, 1.82) is 0 Å². The lowest BCUT2D eigenvalue weighted by Crippen LogP contribution is -2.78. The van der Waals surface area contributed by atoms with Gasteiger partial charge in [0.2, 0.25) is 29.5 Å². The Kier molecular flexibility index (Phi) is 31.5. The van der Waals surface area contributed by atoms with Crippen molar-refractivity contribution in [3.63, 3.8) is 0 Å². The number of phenols is 1. The maximum absolute atomic E-state index is 13.2. The molecule has 2 N–H and O–H groups in total. The molecule has 16 aliphatic rings. The Balaban J connectivity index is 0.000000114. The number of halogens is 4. The number of furan rings is 2. The summed E-state index contributed by atoms with van der Waals surface area (Å²) in [4.78, 5) is 87.9. The van der Waals surface area contributed by atoms with Gasteiger partial charge in [0.1, 0.15) is 29.5 Å². The number of aryl methyl sites for hydroxylation is 3. The molecule has 2 aromatic heterocycles. The number of hydrogen-bond donors (Lipinski definition) is 2. The van der Waals surface area contributed by atoms with Crippen LogP contribution in [0.25, 0.3) is 12.2 Å². The first-order chi connectivity index (χ1) is 68.5. The number of likely N-dealkylation sites (tertiary alicyclic amines) is 5. The molecule has 5 saturated heterocycles. The Hall–Kier alpha value is -8.19. The first-order valence-corrected chi connectivity index (χ1v) is 55.5. The second-order valence-corrected chi connectivity index (χ2v) is 46.8. The fraction of sp³-hybridized carbons (Fsp3) is 0.598. The lowest BCUT2D eigenvalue weighted by atomic mass is 9.43. The molecule has 2 spiro atoms. The molecule has 5 aromatic carbocycles. The van der Waals surface area contributed by atoms with E-state index in [2.05, 4.69) is 56.5 Å². The van der Waals surface area contributed by atoms with Crippen molar-refractivity contribution in [2.75, 3.05) is 101 Å². The largest absolute Gasteiger partial charge is 0.504 e. The molecule has 7 saturated carbocycles. The van der Waals surface area contributed by atoms with Gasteiger partial charge in [0.05, 0.1) is 64.9 Å². The summed E-state index contributed by atoms with van der Waals surface area (Å²) >= 11 is 24.3. The van der Waals surface area contributed by atoms with Crippen molar-refractivity contribution < 1.29 is 52.5 Å². The number of carbonyl (C=O) groups excluding carboxylic acids is 5. The third-order valence-electron chi connectivity index (χ3n) is 36.9. The predicted molar refractivity (Wildman–Crippen MR) is 563 cm³/mol. The fourth-order valence-corrected chi connectivity index (χ4v) is 29.4. The van der Waals surface area contributed by atoms with Crippen LogP contribution in [0.2, 0.25) is 20.1 Å². The summed E-state index contributed by atoms with van der Waals surface area (Å²) < 4.78 is 24.3. The Morgan fingerprint density at radius 3 is 1.30 bits per heavy atom. The van der Waals surface area contributed by atoms with Gasteiger partial charge in [-0.1, -0.05) is 140 Å². The average Bonchev–Trinajstić information content (AvgIpc) is 1.47. The van der Waals surface area contributed by atoms with Crippen LogP contribution < -0.4 is 9.47 Å². The van der Waals surface area contributed by atoms with Gasteiger partial charge >= 0.3 is 0 Å². The Morgan fingerprint density at radius 1 is 0.408 bits per heavy atom. The first kappa shape index (κ1) is 102. The van der Waals surface area contributed by atoms with E-state index in [0.717, 1.165) is 145 Å². The van der Waals surface area contributed by atoms with Crippen LogP contribution in [0.15, 0.2) is 137 Å². The second-order valence-electron chi connectivity index (χ2n) is 45.1. The smallest absolute Gasteiger partial charge is 0.246 e.